The van der Waals surface area contributed by atoms with Crippen LogP contribution in [0.5, 0.6) is 5.75 Å². The number of carbonyl (C=O) groups is 2. The van der Waals surface area contributed by atoms with Gasteiger partial charge in [-0.2, -0.15) is 0 Å². The maximum absolute atomic E-state index is 12.5. The first-order valence-corrected chi connectivity index (χ1v) is 11.9. The van der Waals surface area contributed by atoms with Crippen LogP contribution in [0.25, 0.3) is 0 Å². The summed E-state index contributed by atoms with van der Waals surface area (Å²) in [5, 5.41) is 5.92. The van der Waals surface area contributed by atoms with Crippen molar-refractivity contribution in [1.29, 1.82) is 0 Å². The number of rotatable bonds is 8. The maximum atomic E-state index is 12.5. The van der Waals surface area contributed by atoms with Gasteiger partial charge in [-0.3, -0.25) is 14.5 Å². The number of benzene rings is 2. The molecule has 8 nitrogen and oxygen atoms in total. The number of halogens is 1. The standard InChI is InChI=1S/C26H29ClN4O4/c1-34-21-10-8-20(9-11-21)30-12-14-31(15-13-30)23(24-7-4-16-35-24)18-29-26(33)25(32)28-17-19-5-2-3-6-22(19)27/h2-11,16,23H,12-15,17-18H2,1H3,(H,28,32)(H,29,33)/t23-/m0/s1. The van der Waals surface area contributed by atoms with E-state index < -0.39 is 11.8 Å². The Hall–Kier alpha value is -3.49. The number of piperazine rings is 1. The van der Waals surface area contributed by atoms with Crippen LogP contribution in [0.4, 0.5) is 5.69 Å². The second-order valence-corrected chi connectivity index (χ2v) is 8.64. The minimum atomic E-state index is -0.701. The van der Waals surface area contributed by atoms with Crippen molar-refractivity contribution in [3.63, 3.8) is 0 Å². The molecule has 1 atom stereocenters. The molecule has 35 heavy (non-hydrogen) atoms. The fourth-order valence-electron chi connectivity index (χ4n) is 4.14. The fraction of sp³-hybridized carbons (Fsp3) is 0.308. The zero-order valence-corrected chi connectivity index (χ0v) is 20.3. The number of hydrogen-bond acceptors (Lipinski definition) is 6. The molecule has 1 saturated heterocycles. The normalized spacial score (nSPS) is 14.9. The molecule has 1 fully saturated rings. The molecule has 2 N–H and O–H groups in total. The van der Waals surface area contributed by atoms with Crippen molar-refractivity contribution in [3.8, 4) is 5.75 Å². The van der Waals surface area contributed by atoms with Crippen LogP contribution in [0.1, 0.15) is 17.4 Å². The van der Waals surface area contributed by atoms with Gasteiger partial charge >= 0.3 is 11.8 Å². The average Bonchev–Trinajstić information content (AvgIpc) is 3.43. The molecular weight excluding hydrogens is 468 g/mol. The van der Waals surface area contributed by atoms with E-state index in [1.165, 1.54) is 0 Å². The van der Waals surface area contributed by atoms with Crippen molar-refractivity contribution < 1.29 is 18.7 Å². The largest absolute Gasteiger partial charge is 0.497 e. The van der Waals surface area contributed by atoms with Crippen LogP contribution < -0.4 is 20.3 Å². The molecule has 0 radical (unpaired) electrons. The van der Waals surface area contributed by atoms with Crippen LogP contribution in [-0.4, -0.2) is 56.5 Å². The lowest BCUT2D eigenvalue weighted by Crippen LogP contribution is -2.50. The van der Waals surface area contributed by atoms with Gasteiger partial charge in [-0.05, 0) is 48.0 Å². The zero-order valence-electron chi connectivity index (χ0n) is 19.6. The van der Waals surface area contributed by atoms with Gasteiger partial charge in [0.15, 0.2) is 0 Å². The molecule has 9 heteroatoms. The summed E-state index contributed by atoms with van der Waals surface area (Å²) in [4.78, 5) is 29.4. The van der Waals surface area contributed by atoms with Gasteiger partial charge in [-0.25, -0.2) is 0 Å². The van der Waals surface area contributed by atoms with Crippen LogP contribution in [0.2, 0.25) is 5.02 Å². The van der Waals surface area contributed by atoms with Crippen molar-refractivity contribution in [3.05, 3.63) is 83.3 Å². The number of nitrogens with one attached hydrogen (secondary N) is 2. The average molecular weight is 497 g/mol. The van der Waals surface area contributed by atoms with E-state index in [9.17, 15) is 9.59 Å². The summed E-state index contributed by atoms with van der Waals surface area (Å²) < 4.78 is 10.9. The third-order valence-electron chi connectivity index (χ3n) is 6.12. The fourth-order valence-corrected chi connectivity index (χ4v) is 4.35. The molecule has 1 aliphatic rings. The Kier molecular flexibility index (Phi) is 8.28. The SMILES string of the molecule is COc1ccc(N2CCN([C@@H](CNC(=O)C(=O)NCc3ccccc3Cl)c3ccco3)CC2)cc1. The van der Waals surface area contributed by atoms with Crippen molar-refractivity contribution in [1.82, 2.24) is 15.5 Å². The van der Waals surface area contributed by atoms with Crippen molar-refractivity contribution in [2.45, 2.75) is 12.6 Å². The Bertz CT molecular complexity index is 1110. The molecule has 184 valence electrons. The van der Waals surface area contributed by atoms with Crippen LogP contribution >= 0.6 is 11.6 Å². The molecule has 3 aromatic rings. The van der Waals surface area contributed by atoms with E-state index in [1.54, 1.807) is 25.5 Å². The monoisotopic (exact) mass is 496 g/mol. The molecule has 2 heterocycles. The van der Waals surface area contributed by atoms with E-state index in [4.69, 9.17) is 20.8 Å². The van der Waals surface area contributed by atoms with E-state index in [0.717, 1.165) is 48.9 Å². The highest BCUT2D eigenvalue weighted by Crippen LogP contribution is 2.25. The van der Waals surface area contributed by atoms with Gasteiger partial charge < -0.3 is 24.7 Å². The number of carbonyl (C=O) groups excluding carboxylic acids is 2. The van der Waals surface area contributed by atoms with Gasteiger partial charge in [-0.1, -0.05) is 29.8 Å². The van der Waals surface area contributed by atoms with E-state index in [2.05, 4.69) is 32.6 Å². The second-order valence-electron chi connectivity index (χ2n) is 8.24. The third kappa shape index (κ3) is 6.35. The highest BCUT2D eigenvalue weighted by molar-refractivity contribution is 6.35. The molecule has 2 aromatic carbocycles. The van der Waals surface area contributed by atoms with Crippen molar-refractivity contribution in [2.24, 2.45) is 0 Å². The Morgan fingerprint density at radius 2 is 1.69 bits per heavy atom. The van der Waals surface area contributed by atoms with Gasteiger partial charge in [0.1, 0.15) is 11.5 Å². The first-order valence-electron chi connectivity index (χ1n) is 11.5. The first-order chi connectivity index (χ1) is 17.0. The first kappa shape index (κ1) is 24.6. The Labute approximate surface area is 209 Å². The molecule has 4 rings (SSSR count). The Morgan fingerprint density at radius 3 is 2.34 bits per heavy atom. The van der Waals surface area contributed by atoms with Crippen LogP contribution in [0.3, 0.4) is 0 Å². The van der Waals surface area contributed by atoms with Crippen LogP contribution in [-0.2, 0) is 16.1 Å². The van der Waals surface area contributed by atoms with E-state index in [1.807, 2.05) is 36.4 Å². The number of ether oxygens (including phenoxy) is 1. The molecule has 0 unspecified atom stereocenters. The molecule has 0 saturated carbocycles. The lowest BCUT2D eigenvalue weighted by Gasteiger charge is -2.39. The summed E-state index contributed by atoms with van der Waals surface area (Å²) in [5.41, 5.74) is 1.89. The van der Waals surface area contributed by atoms with Gasteiger partial charge in [0.05, 0.1) is 19.4 Å². The Morgan fingerprint density at radius 1 is 0.971 bits per heavy atom. The Balaban J connectivity index is 1.32. The summed E-state index contributed by atoms with van der Waals surface area (Å²) in [6.45, 7) is 3.67. The van der Waals surface area contributed by atoms with E-state index >= 15 is 0 Å². The summed E-state index contributed by atoms with van der Waals surface area (Å²) in [6, 6.07) is 18.8. The quantitative estimate of drug-likeness (QED) is 0.466. The van der Waals surface area contributed by atoms with Crippen molar-refractivity contribution in [2.75, 3.05) is 44.7 Å². The lowest BCUT2D eigenvalue weighted by molar-refractivity contribution is -0.139. The minimum Gasteiger partial charge on any atom is -0.497 e. The van der Waals surface area contributed by atoms with Gasteiger partial charge in [0, 0.05) is 50.0 Å². The predicted molar refractivity (Wildman–Crippen MR) is 135 cm³/mol. The summed E-state index contributed by atoms with van der Waals surface area (Å²) in [5.74, 6) is 0.189. The highest BCUT2D eigenvalue weighted by Gasteiger charge is 2.28. The number of anilines is 1. The smallest absolute Gasteiger partial charge is 0.309 e. The minimum absolute atomic E-state index is 0.177. The predicted octanol–water partition coefficient (Wildman–Crippen LogP) is 3.24. The van der Waals surface area contributed by atoms with E-state index in [0.29, 0.717) is 5.02 Å². The number of methoxy groups -OCH3 is 1. The van der Waals surface area contributed by atoms with Crippen LogP contribution in [0.15, 0.2) is 71.3 Å². The van der Waals surface area contributed by atoms with Gasteiger partial charge in [0.2, 0.25) is 0 Å². The summed E-state index contributed by atoms with van der Waals surface area (Å²) >= 11 is 6.12. The second kappa shape index (κ2) is 11.8. The number of amides is 2. The van der Waals surface area contributed by atoms with Gasteiger partial charge in [0.25, 0.3) is 0 Å². The molecule has 1 aromatic heterocycles. The number of nitrogens with zero attached hydrogens (tertiary/aromatic N) is 2. The maximum Gasteiger partial charge on any atom is 0.309 e. The molecule has 0 bridgehead atoms. The zero-order chi connectivity index (χ0) is 24.6. The molecule has 0 spiro atoms. The van der Waals surface area contributed by atoms with Gasteiger partial charge in [-0.15, -0.1) is 0 Å². The molecular formula is C26H29ClN4O4. The van der Waals surface area contributed by atoms with E-state index in [-0.39, 0.29) is 19.1 Å². The highest BCUT2D eigenvalue weighted by atomic mass is 35.5. The molecule has 0 aliphatic carbocycles. The summed E-state index contributed by atoms with van der Waals surface area (Å²) in [6.07, 6.45) is 1.62. The topological polar surface area (TPSA) is 87.0 Å². The molecule has 2 amide bonds. The third-order valence-corrected chi connectivity index (χ3v) is 6.49. The lowest BCUT2D eigenvalue weighted by atomic mass is 10.1. The number of hydrogen-bond donors (Lipinski definition) is 2. The van der Waals surface area contributed by atoms with Crippen LogP contribution in [0, 0.1) is 0 Å². The summed E-state index contributed by atoms with van der Waals surface area (Å²) in [7, 11) is 1.66. The number of furan rings is 1. The van der Waals surface area contributed by atoms with Crippen molar-refractivity contribution >= 4 is 29.1 Å². The molecule has 1 aliphatic heterocycles.